The van der Waals surface area contributed by atoms with Crippen molar-refractivity contribution < 1.29 is 13.6 Å². The fraction of sp³-hybridized carbons (Fsp3) is 0.154. The van der Waals surface area contributed by atoms with Gasteiger partial charge in [0.15, 0.2) is 11.6 Å². The maximum absolute atomic E-state index is 8.00. The molecule has 3 aromatic heterocycles. The normalized spacial score (nSPS) is 12.6. The van der Waals surface area contributed by atoms with Crippen molar-refractivity contribution >= 4 is 16.9 Å². The fourth-order valence-corrected chi connectivity index (χ4v) is 3.77. The molecule has 0 aliphatic heterocycles. The Morgan fingerprint density at radius 1 is 1.00 bits per heavy atom. The average molecular weight is 456 g/mol. The van der Waals surface area contributed by atoms with Crippen LogP contribution < -0.4 is 14.8 Å². The number of nitrogens with zero attached hydrogens (tertiary/aromatic N) is 5. The Balaban J connectivity index is 1.62. The van der Waals surface area contributed by atoms with Gasteiger partial charge < -0.3 is 14.8 Å². The van der Waals surface area contributed by atoms with E-state index in [1.165, 1.54) is 12.5 Å². The Hall–Kier alpha value is -4.46. The maximum Gasteiger partial charge on any atom is 0.169 e. The molecule has 0 aliphatic rings. The summed E-state index contributed by atoms with van der Waals surface area (Å²) < 4.78 is 35.8. The molecule has 5 aromatic rings. The number of anilines is 1. The molecule has 5 rings (SSSR count). The number of aryl methyl sites for hydroxylation is 1. The number of benzene rings is 2. The van der Waals surface area contributed by atoms with Gasteiger partial charge in [0.25, 0.3) is 0 Å². The van der Waals surface area contributed by atoms with Crippen molar-refractivity contribution in [3.63, 3.8) is 0 Å². The Bertz CT molecular complexity index is 1540. The number of hydrogen-bond donors (Lipinski definition) is 1. The monoisotopic (exact) mass is 455 g/mol. The quantitative estimate of drug-likeness (QED) is 0.380. The van der Waals surface area contributed by atoms with Crippen LogP contribution in [0.2, 0.25) is 0 Å². The molecular formula is C26H24N6O2. The van der Waals surface area contributed by atoms with Crippen LogP contribution in [0.25, 0.3) is 33.5 Å². The van der Waals surface area contributed by atoms with E-state index in [9.17, 15) is 0 Å². The summed E-state index contributed by atoms with van der Waals surface area (Å²) in [5.41, 5.74) is 4.19. The van der Waals surface area contributed by atoms with Gasteiger partial charge in [-0.1, -0.05) is 42.5 Å². The molecule has 1 N–H and O–H groups in total. The van der Waals surface area contributed by atoms with Gasteiger partial charge in [-0.15, -0.1) is 0 Å². The summed E-state index contributed by atoms with van der Waals surface area (Å²) in [7, 11) is 3.19. The Morgan fingerprint density at radius 2 is 1.82 bits per heavy atom. The first-order chi connectivity index (χ1) is 17.9. The lowest BCUT2D eigenvalue weighted by Gasteiger charge is -2.13. The molecule has 0 saturated carbocycles. The minimum Gasteiger partial charge on any atom is -0.497 e. The average Bonchev–Trinajstić information content (AvgIpc) is 3.37. The SMILES string of the molecule is [2H]C([2H])([2H])n1ncc(-c2ncnc3cc(OC)c(NCc4ccc(OC)cc4)nc23)c1-c1ccccc1. The van der Waals surface area contributed by atoms with Crippen LogP contribution in [0.4, 0.5) is 5.82 Å². The molecule has 8 nitrogen and oxygen atoms in total. The summed E-state index contributed by atoms with van der Waals surface area (Å²) in [4.78, 5) is 13.7. The van der Waals surface area contributed by atoms with E-state index in [-0.39, 0.29) is 0 Å². The third-order valence-electron chi connectivity index (χ3n) is 5.49. The Kier molecular flexibility index (Phi) is 4.87. The van der Waals surface area contributed by atoms with Crippen LogP contribution in [0.1, 0.15) is 9.68 Å². The molecule has 0 radical (unpaired) electrons. The molecule has 0 unspecified atom stereocenters. The van der Waals surface area contributed by atoms with Crippen molar-refractivity contribution in [3.8, 4) is 34.0 Å². The molecule has 0 fully saturated rings. The molecule has 8 heteroatoms. The predicted octanol–water partition coefficient (Wildman–Crippen LogP) is 4.72. The molecule has 2 aromatic carbocycles. The summed E-state index contributed by atoms with van der Waals surface area (Å²) in [6, 6.07) is 18.7. The largest absolute Gasteiger partial charge is 0.497 e. The first-order valence-electron chi connectivity index (χ1n) is 12.1. The van der Waals surface area contributed by atoms with E-state index < -0.39 is 6.98 Å². The van der Waals surface area contributed by atoms with Crippen LogP contribution in [-0.4, -0.2) is 39.0 Å². The molecule has 0 aliphatic carbocycles. The molecule has 170 valence electrons. The summed E-state index contributed by atoms with van der Waals surface area (Å²) in [6.45, 7) is -1.98. The van der Waals surface area contributed by atoms with Crippen LogP contribution in [-0.2, 0) is 13.5 Å². The topological polar surface area (TPSA) is 87.0 Å². The molecule has 0 atom stereocenters. The molecular weight excluding hydrogens is 428 g/mol. The van der Waals surface area contributed by atoms with Crippen molar-refractivity contribution in [2.75, 3.05) is 19.5 Å². The zero-order chi connectivity index (χ0) is 26.0. The second-order valence-corrected chi connectivity index (χ2v) is 7.52. The summed E-state index contributed by atoms with van der Waals surface area (Å²) in [5.74, 6) is 1.80. The van der Waals surface area contributed by atoms with Gasteiger partial charge in [-0.2, -0.15) is 5.10 Å². The summed E-state index contributed by atoms with van der Waals surface area (Å²) in [6.07, 6.45) is 2.93. The lowest BCUT2D eigenvalue weighted by Crippen LogP contribution is -2.05. The maximum atomic E-state index is 8.00. The summed E-state index contributed by atoms with van der Waals surface area (Å²) >= 11 is 0. The zero-order valence-corrected chi connectivity index (χ0v) is 18.7. The van der Waals surface area contributed by atoms with Gasteiger partial charge in [0.1, 0.15) is 23.3 Å². The van der Waals surface area contributed by atoms with Gasteiger partial charge in [-0.25, -0.2) is 15.0 Å². The smallest absolute Gasteiger partial charge is 0.169 e. The molecule has 34 heavy (non-hydrogen) atoms. The number of nitrogens with one attached hydrogen (secondary N) is 1. The molecule has 0 amide bonds. The number of fused-ring (bicyclic) bond motifs is 1. The lowest BCUT2D eigenvalue weighted by molar-refractivity contribution is 0.414. The molecule has 0 bridgehead atoms. The minimum atomic E-state index is -2.48. The van der Waals surface area contributed by atoms with E-state index in [2.05, 4.69) is 20.4 Å². The summed E-state index contributed by atoms with van der Waals surface area (Å²) in [5, 5.41) is 7.53. The van der Waals surface area contributed by atoms with E-state index in [0.29, 0.717) is 51.7 Å². The van der Waals surface area contributed by atoms with E-state index in [1.807, 2.05) is 54.6 Å². The number of hydrogen-bond acceptors (Lipinski definition) is 7. The predicted molar refractivity (Wildman–Crippen MR) is 132 cm³/mol. The third-order valence-corrected chi connectivity index (χ3v) is 5.49. The second-order valence-electron chi connectivity index (χ2n) is 7.52. The van der Waals surface area contributed by atoms with Gasteiger partial charge in [0, 0.05) is 34.8 Å². The van der Waals surface area contributed by atoms with Crippen LogP contribution in [0.3, 0.4) is 0 Å². The van der Waals surface area contributed by atoms with Gasteiger partial charge in [0.05, 0.1) is 31.6 Å². The number of methoxy groups -OCH3 is 2. The lowest BCUT2D eigenvalue weighted by atomic mass is 10.0. The van der Waals surface area contributed by atoms with Crippen LogP contribution in [0, 0.1) is 0 Å². The van der Waals surface area contributed by atoms with E-state index >= 15 is 0 Å². The first kappa shape index (κ1) is 18.0. The minimum absolute atomic E-state index is 0.422. The number of pyridine rings is 1. The Labute approximate surface area is 201 Å². The second kappa shape index (κ2) is 9.19. The van der Waals surface area contributed by atoms with E-state index in [1.54, 1.807) is 20.3 Å². The van der Waals surface area contributed by atoms with Crippen LogP contribution >= 0.6 is 0 Å². The molecule has 3 heterocycles. The fourth-order valence-electron chi connectivity index (χ4n) is 3.77. The highest BCUT2D eigenvalue weighted by atomic mass is 16.5. The highest BCUT2D eigenvalue weighted by molar-refractivity contribution is 5.94. The van der Waals surface area contributed by atoms with Gasteiger partial charge in [-0.3, -0.25) is 4.68 Å². The van der Waals surface area contributed by atoms with E-state index in [0.717, 1.165) is 16.0 Å². The van der Waals surface area contributed by atoms with Crippen molar-refractivity contribution in [2.24, 2.45) is 6.98 Å². The van der Waals surface area contributed by atoms with Gasteiger partial charge in [-0.05, 0) is 17.7 Å². The molecule has 0 spiro atoms. The standard InChI is InChI=1S/C26H24N6O2/c1-32-25(18-7-5-4-6-8-18)20(15-30-32)23-24-21(28-16-29-23)13-22(34-3)26(31-24)27-14-17-9-11-19(33-2)12-10-17/h4-13,15-16H,14H2,1-3H3,(H,27,31)/i1D3. The van der Waals surface area contributed by atoms with Crippen LogP contribution in [0.5, 0.6) is 11.5 Å². The third kappa shape index (κ3) is 4.01. The van der Waals surface area contributed by atoms with Crippen molar-refractivity contribution in [1.29, 1.82) is 0 Å². The molecule has 0 saturated heterocycles. The highest BCUT2D eigenvalue weighted by Crippen LogP contribution is 2.35. The van der Waals surface area contributed by atoms with Gasteiger partial charge in [0.2, 0.25) is 0 Å². The highest BCUT2D eigenvalue weighted by Gasteiger charge is 2.19. The van der Waals surface area contributed by atoms with E-state index in [4.69, 9.17) is 18.6 Å². The zero-order valence-electron chi connectivity index (χ0n) is 21.7. The number of ether oxygens (including phenoxy) is 2. The van der Waals surface area contributed by atoms with Gasteiger partial charge >= 0.3 is 0 Å². The van der Waals surface area contributed by atoms with Crippen molar-refractivity contribution in [2.45, 2.75) is 6.54 Å². The number of aromatic nitrogens is 5. The van der Waals surface area contributed by atoms with Crippen molar-refractivity contribution in [1.82, 2.24) is 24.7 Å². The Morgan fingerprint density at radius 3 is 2.56 bits per heavy atom. The number of rotatable bonds is 7. The van der Waals surface area contributed by atoms with Crippen molar-refractivity contribution in [3.05, 3.63) is 78.8 Å². The van der Waals surface area contributed by atoms with Crippen LogP contribution in [0.15, 0.2) is 73.2 Å². The first-order valence-corrected chi connectivity index (χ1v) is 10.6.